The second kappa shape index (κ2) is 5.36. The highest BCUT2D eigenvalue weighted by atomic mass is 16.3. The Morgan fingerprint density at radius 2 is 2.24 bits per heavy atom. The lowest BCUT2D eigenvalue weighted by molar-refractivity contribution is 0.0464. The van der Waals surface area contributed by atoms with Crippen LogP contribution in [0.1, 0.15) is 19.8 Å². The molecule has 1 aromatic rings. The number of nitrogens with zero attached hydrogens (tertiary/aromatic N) is 2. The highest BCUT2D eigenvalue weighted by Crippen LogP contribution is 2.28. The van der Waals surface area contributed by atoms with E-state index in [1.165, 1.54) is 0 Å². The van der Waals surface area contributed by atoms with Crippen LogP contribution in [0.3, 0.4) is 0 Å². The van der Waals surface area contributed by atoms with Gasteiger partial charge in [0.05, 0.1) is 6.10 Å². The first-order valence-corrected chi connectivity index (χ1v) is 6.29. The molecule has 4 nitrogen and oxygen atoms in total. The first kappa shape index (κ1) is 12.2. The van der Waals surface area contributed by atoms with Crippen LogP contribution in [0.2, 0.25) is 0 Å². The van der Waals surface area contributed by atoms with Gasteiger partial charge >= 0.3 is 0 Å². The molecule has 4 heteroatoms. The van der Waals surface area contributed by atoms with E-state index in [1.807, 2.05) is 18.2 Å². The summed E-state index contributed by atoms with van der Waals surface area (Å²) in [5.74, 6) is 2.52. The zero-order chi connectivity index (χ0) is 12.3. The average Bonchev–Trinajstić information content (AvgIpc) is 2.28. The molecule has 0 aromatic carbocycles. The molecule has 1 aromatic heterocycles. The summed E-state index contributed by atoms with van der Waals surface area (Å²) in [6.45, 7) is 3.92. The molecule has 0 spiro atoms. The molecular formula is C13H21N3O. The van der Waals surface area contributed by atoms with Crippen molar-refractivity contribution in [3.05, 3.63) is 18.2 Å². The molecule has 2 N–H and O–H groups in total. The number of aliphatic hydroxyl groups excluding tert-OH is 1. The fourth-order valence-corrected chi connectivity index (χ4v) is 2.25. The van der Waals surface area contributed by atoms with E-state index in [0.29, 0.717) is 5.92 Å². The standard InChI is InChI=1S/C13H21N3O/c1-3-14-12-5-4-6-13(15-12)16(2)9-10-7-11(17)8-10/h4-6,10-11,17H,3,7-9H2,1-2H3,(H,14,15). The number of nitrogens with one attached hydrogen (secondary N) is 1. The zero-order valence-electron chi connectivity index (χ0n) is 10.6. The van der Waals surface area contributed by atoms with Gasteiger partial charge in [0.2, 0.25) is 0 Å². The van der Waals surface area contributed by atoms with E-state index in [1.54, 1.807) is 0 Å². The number of hydrogen-bond donors (Lipinski definition) is 2. The molecule has 0 amide bonds. The first-order chi connectivity index (χ1) is 8.19. The summed E-state index contributed by atoms with van der Waals surface area (Å²) >= 11 is 0. The number of aliphatic hydroxyl groups is 1. The van der Waals surface area contributed by atoms with Gasteiger partial charge < -0.3 is 15.3 Å². The third-order valence-corrected chi connectivity index (χ3v) is 3.23. The summed E-state index contributed by atoms with van der Waals surface area (Å²) < 4.78 is 0. The van der Waals surface area contributed by atoms with Gasteiger partial charge in [-0.05, 0) is 37.8 Å². The van der Waals surface area contributed by atoms with Crippen molar-refractivity contribution in [3.63, 3.8) is 0 Å². The molecule has 1 heterocycles. The molecule has 1 fully saturated rings. The Hall–Kier alpha value is -1.29. The Balaban J connectivity index is 1.93. The molecule has 2 rings (SSSR count). The van der Waals surface area contributed by atoms with Gasteiger partial charge in [0.1, 0.15) is 11.6 Å². The van der Waals surface area contributed by atoms with E-state index in [4.69, 9.17) is 0 Å². The molecule has 0 unspecified atom stereocenters. The summed E-state index contributed by atoms with van der Waals surface area (Å²) in [6.07, 6.45) is 1.78. The molecule has 1 aliphatic rings. The molecule has 0 bridgehead atoms. The molecule has 94 valence electrons. The molecule has 0 aliphatic heterocycles. The number of hydrogen-bond acceptors (Lipinski definition) is 4. The number of rotatable bonds is 5. The third kappa shape index (κ3) is 3.09. The smallest absolute Gasteiger partial charge is 0.130 e. The van der Waals surface area contributed by atoms with Crippen molar-refractivity contribution in [1.82, 2.24) is 4.98 Å². The maximum absolute atomic E-state index is 9.27. The van der Waals surface area contributed by atoms with Gasteiger partial charge in [-0.25, -0.2) is 4.98 Å². The summed E-state index contributed by atoms with van der Waals surface area (Å²) in [6, 6.07) is 6.02. The van der Waals surface area contributed by atoms with Crippen molar-refractivity contribution in [2.75, 3.05) is 30.4 Å². The summed E-state index contributed by atoms with van der Waals surface area (Å²) in [5, 5.41) is 12.5. The van der Waals surface area contributed by atoms with Crippen molar-refractivity contribution in [1.29, 1.82) is 0 Å². The van der Waals surface area contributed by atoms with Crippen LogP contribution in [0.5, 0.6) is 0 Å². The minimum atomic E-state index is -0.0746. The number of aromatic nitrogens is 1. The minimum Gasteiger partial charge on any atom is -0.393 e. The lowest BCUT2D eigenvalue weighted by Gasteiger charge is -2.34. The summed E-state index contributed by atoms with van der Waals surface area (Å²) in [7, 11) is 2.06. The normalized spacial score (nSPS) is 23.0. The number of pyridine rings is 1. The summed E-state index contributed by atoms with van der Waals surface area (Å²) in [4.78, 5) is 6.71. The van der Waals surface area contributed by atoms with Crippen LogP contribution >= 0.6 is 0 Å². The zero-order valence-corrected chi connectivity index (χ0v) is 10.6. The van der Waals surface area contributed by atoms with E-state index >= 15 is 0 Å². The van der Waals surface area contributed by atoms with Gasteiger partial charge in [-0.1, -0.05) is 6.07 Å². The van der Waals surface area contributed by atoms with Crippen molar-refractivity contribution in [3.8, 4) is 0 Å². The van der Waals surface area contributed by atoms with Crippen LogP contribution in [0.25, 0.3) is 0 Å². The maximum atomic E-state index is 9.27. The molecule has 1 aliphatic carbocycles. The second-order valence-electron chi connectivity index (χ2n) is 4.78. The van der Waals surface area contributed by atoms with Crippen LogP contribution in [-0.2, 0) is 0 Å². The van der Waals surface area contributed by atoms with Crippen molar-refractivity contribution in [2.24, 2.45) is 5.92 Å². The van der Waals surface area contributed by atoms with E-state index in [0.717, 1.165) is 37.6 Å². The van der Waals surface area contributed by atoms with Gasteiger partial charge in [-0.3, -0.25) is 0 Å². The second-order valence-corrected chi connectivity index (χ2v) is 4.78. The monoisotopic (exact) mass is 235 g/mol. The van der Waals surface area contributed by atoms with E-state index < -0.39 is 0 Å². The minimum absolute atomic E-state index is 0.0746. The van der Waals surface area contributed by atoms with Crippen molar-refractivity contribution >= 4 is 11.6 Å². The Kier molecular flexibility index (Phi) is 3.84. The lowest BCUT2D eigenvalue weighted by Crippen LogP contribution is -2.37. The Morgan fingerprint density at radius 1 is 1.47 bits per heavy atom. The van der Waals surface area contributed by atoms with Crippen LogP contribution in [0.4, 0.5) is 11.6 Å². The maximum Gasteiger partial charge on any atom is 0.130 e. The quantitative estimate of drug-likeness (QED) is 0.816. The largest absolute Gasteiger partial charge is 0.393 e. The topological polar surface area (TPSA) is 48.4 Å². The lowest BCUT2D eigenvalue weighted by atomic mass is 9.82. The van der Waals surface area contributed by atoms with Gasteiger partial charge in [-0.15, -0.1) is 0 Å². The molecule has 0 atom stereocenters. The highest BCUT2D eigenvalue weighted by molar-refractivity contribution is 5.46. The predicted molar refractivity (Wildman–Crippen MR) is 70.4 cm³/mol. The van der Waals surface area contributed by atoms with Crippen molar-refractivity contribution in [2.45, 2.75) is 25.9 Å². The Labute approximate surface area is 103 Å². The van der Waals surface area contributed by atoms with Gasteiger partial charge in [0.25, 0.3) is 0 Å². The van der Waals surface area contributed by atoms with Crippen LogP contribution in [0.15, 0.2) is 18.2 Å². The molecular weight excluding hydrogens is 214 g/mol. The fourth-order valence-electron chi connectivity index (χ4n) is 2.25. The first-order valence-electron chi connectivity index (χ1n) is 6.29. The van der Waals surface area contributed by atoms with Gasteiger partial charge in [0, 0.05) is 20.1 Å². The average molecular weight is 235 g/mol. The SMILES string of the molecule is CCNc1cccc(N(C)CC2CC(O)C2)n1. The van der Waals surface area contributed by atoms with Crippen LogP contribution < -0.4 is 10.2 Å². The van der Waals surface area contributed by atoms with Gasteiger partial charge in [-0.2, -0.15) is 0 Å². The van der Waals surface area contributed by atoms with E-state index in [9.17, 15) is 5.11 Å². The predicted octanol–water partition coefficient (Wildman–Crippen LogP) is 1.72. The van der Waals surface area contributed by atoms with Crippen LogP contribution in [0, 0.1) is 5.92 Å². The molecule has 0 saturated heterocycles. The molecule has 17 heavy (non-hydrogen) atoms. The Morgan fingerprint density at radius 3 is 2.88 bits per heavy atom. The van der Waals surface area contributed by atoms with Crippen LogP contribution in [-0.4, -0.2) is 36.3 Å². The van der Waals surface area contributed by atoms with E-state index in [-0.39, 0.29) is 6.10 Å². The third-order valence-electron chi connectivity index (χ3n) is 3.23. The molecule has 1 saturated carbocycles. The van der Waals surface area contributed by atoms with E-state index in [2.05, 4.69) is 29.2 Å². The summed E-state index contributed by atoms with van der Waals surface area (Å²) in [5.41, 5.74) is 0. The van der Waals surface area contributed by atoms with Gasteiger partial charge in [0.15, 0.2) is 0 Å². The Bertz CT molecular complexity index is 363. The fraction of sp³-hybridized carbons (Fsp3) is 0.615. The van der Waals surface area contributed by atoms with Crippen molar-refractivity contribution < 1.29 is 5.11 Å². The molecule has 0 radical (unpaired) electrons. The highest BCUT2D eigenvalue weighted by Gasteiger charge is 2.28. The number of anilines is 2.